The van der Waals surface area contributed by atoms with Gasteiger partial charge in [0.2, 0.25) is 0 Å². The first-order valence-electron chi connectivity index (χ1n) is 6.18. The number of benzene rings is 2. The maximum Gasteiger partial charge on any atom is 0.194 e. The number of hydrogen-bond donors (Lipinski definition) is 1. The van der Waals surface area contributed by atoms with Gasteiger partial charge in [-0.2, -0.15) is 0 Å². The summed E-state index contributed by atoms with van der Waals surface area (Å²) in [6.45, 7) is 0. The van der Waals surface area contributed by atoms with Crippen molar-refractivity contribution < 1.29 is 22.0 Å². The molecule has 0 aromatic heterocycles. The van der Waals surface area contributed by atoms with Crippen LogP contribution in [0.2, 0.25) is 0 Å². The summed E-state index contributed by atoms with van der Waals surface area (Å²) >= 11 is 0. The number of halogens is 5. The lowest BCUT2D eigenvalue weighted by atomic mass is 9.98. The third kappa shape index (κ3) is 3.21. The second-order valence-electron chi connectivity index (χ2n) is 4.56. The lowest BCUT2D eigenvalue weighted by molar-refractivity contribution is 0.439. The molecule has 1 unspecified atom stereocenters. The van der Waals surface area contributed by atoms with Crippen molar-refractivity contribution in [2.24, 2.45) is 0 Å². The third-order valence-corrected chi connectivity index (χ3v) is 3.21. The smallest absolute Gasteiger partial charge is 0.194 e. The highest BCUT2D eigenvalue weighted by atomic mass is 19.2. The van der Waals surface area contributed by atoms with Crippen LogP contribution >= 0.6 is 0 Å². The van der Waals surface area contributed by atoms with Crippen LogP contribution in [0.15, 0.2) is 30.3 Å². The van der Waals surface area contributed by atoms with Gasteiger partial charge < -0.3 is 5.32 Å². The van der Waals surface area contributed by atoms with Crippen LogP contribution in [-0.2, 0) is 6.42 Å². The summed E-state index contributed by atoms with van der Waals surface area (Å²) < 4.78 is 66.2. The molecule has 0 aliphatic rings. The molecule has 0 amide bonds. The maximum absolute atomic E-state index is 13.6. The largest absolute Gasteiger partial charge is 0.313 e. The Morgan fingerprint density at radius 1 is 0.905 bits per heavy atom. The molecule has 0 heterocycles. The van der Waals surface area contributed by atoms with E-state index in [0.717, 1.165) is 18.2 Å². The molecule has 1 atom stereocenters. The fourth-order valence-electron chi connectivity index (χ4n) is 2.09. The lowest BCUT2D eigenvalue weighted by Crippen LogP contribution is -2.20. The highest BCUT2D eigenvalue weighted by Crippen LogP contribution is 2.24. The van der Waals surface area contributed by atoms with Gasteiger partial charge >= 0.3 is 0 Å². The molecule has 6 heteroatoms. The van der Waals surface area contributed by atoms with E-state index >= 15 is 0 Å². The van der Waals surface area contributed by atoms with E-state index in [1.54, 1.807) is 0 Å². The molecule has 1 N–H and O–H groups in total. The normalized spacial score (nSPS) is 12.5. The first-order chi connectivity index (χ1) is 9.93. The van der Waals surface area contributed by atoms with Crippen LogP contribution in [0.5, 0.6) is 0 Å². The van der Waals surface area contributed by atoms with Gasteiger partial charge in [-0.1, -0.05) is 12.1 Å². The van der Waals surface area contributed by atoms with E-state index in [1.807, 2.05) is 0 Å². The molecular weight excluding hydrogens is 289 g/mol. The molecule has 0 saturated heterocycles. The van der Waals surface area contributed by atoms with Gasteiger partial charge in [0, 0.05) is 6.04 Å². The van der Waals surface area contributed by atoms with E-state index in [9.17, 15) is 22.0 Å². The van der Waals surface area contributed by atoms with Crippen molar-refractivity contribution in [3.63, 3.8) is 0 Å². The van der Waals surface area contributed by atoms with Gasteiger partial charge in [0.1, 0.15) is 0 Å². The average molecular weight is 301 g/mol. The van der Waals surface area contributed by atoms with Crippen LogP contribution in [0.4, 0.5) is 22.0 Å². The summed E-state index contributed by atoms with van der Waals surface area (Å²) in [7, 11) is 1.50. The fraction of sp³-hybridized carbons (Fsp3) is 0.200. The minimum absolute atomic E-state index is 0.0371. The zero-order valence-electron chi connectivity index (χ0n) is 11.1. The Labute approximate surface area is 118 Å². The molecule has 0 fully saturated rings. The van der Waals surface area contributed by atoms with Gasteiger partial charge in [-0.05, 0) is 42.8 Å². The number of likely N-dealkylation sites (N-methyl/N-ethyl adjacent to an activating group) is 1. The van der Waals surface area contributed by atoms with Gasteiger partial charge in [0.05, 0.1) is 0 Å². The first-order valence-corrected chi connectivity index (χ1v) is 6.18. The molecule has 0 radical (unpaired) electrons. The highest BCUT2D eigenvalue weighted by molar-refractivity contribution is 5.27. The van der Waals surface area contributed by atoms with Crippen LogP contribution in [0.25, 0.3) is 0 Å². The molecule has 0 aliphatic heterocycles. The molecular formula is C15H12F5N. The highest BCUT2D eigenvalue weighted by Gasteiger charge is 2.19. The molecule has 2 aromatic rings. The molecule has 0 spiro atoms. The summed E-state index contributed by atoms with van der Waals surface area (Å²) in [5.74, 6) is -6.24. The monoisotopic (exact) mass is 301 g/mol. The molecule has 0 aliphatic carbocycles. The third-order valence-electron chi connectivity index (χ3n) is 3.21. The average Bonchev–Trinajstić information content (AvgIpc) is 2.46. The van der Waals surface area contributed by atoms with E-state index in [4.69, 9.17) is 0 Å². The molecule has 112 valence electrons. The van der Waals surface area contributed by atoms with Gasteiger partial charge in [-0.3, -0.25) is 0 Å². The van der Waals surface area contributed by atoms with E-state index < -0.39 is 35.1 Å². The van der Waals surface area contributed by atoms with Crippen molar-refractivity contribution in [1.82, 2.24) is 5.32 Å². The lowest BCUT2D eigenvalue weighted by Gasteiger charge is -2.17. The Morgan fingerprint density at radius 2 is 1.52 bits per heavy atom. The maximum atomic E-state index is 13.6. The molecule has 0 bridgehead atoms. The fourth-order valence-corrected chi connectivity index (χ4v) is 2.09. The van der Waals surface area contributed by atoms with Crippen molar-refractivity contribution in [2.45, 2.75) is 12.5 Å². The number of hydrogen-bond acceptors (Lipinski definition) is 1. The number of nitrogens with one attached hydrogen (secondary N) is 1. The van der Waals surface area contributed by atoms with Gasteiger partial charge in [0.25, 0.3) is 0 Å². The molecule has 1 nitrogen and oxygen atoms in total. The topological polar surface area (TPSA) is 12.0 Å². The molecule has 0 saturated carbocycles. The summed E-state index contributed by atoms with van der Waals surface area (Å²) in [4.78, 5) is 0. The van der Waals surface area contributed by atoms with Gasteiger partial charge in [-0.15, -0.1) is 0 Å². The Hall–Kier alpha value is -1.95. The van der Waals surface area contributed by atoms with Crippen molar-refractivity contribution in [3.8, 4) is 0 Å². The van der Waals surface area contributed by atoms with Gasteiger partial charge in [-0.25, -0.2) is 22.0 Å². The van der Waals surface area contributed by atoms with E-state index in [0.29, 0.717) is 0 Å². The molecule has 2 rings (SSSR count). The quantitative estimate of drug-likeness (QED) is 0.667. The minimum atomic E-state index is -1.56. The van der Waals surface area contributed by atoms with Gasteiger partial charge in [0.15, 0.2) is 29.1 Å². The minimum Gasteiger partial charge on any atom is -0.313 e. The Balaban J connectivity index is 2.34. The van der Waals surface area contributed by atoms with Crippen LogP contribution < -0.4 is 5.32 Å². The summed E-state index contributed by atoms with van der Waals surface area (Å²) in [6, 6.07) is 4.66. The van der Waals surface area contributed by atoms with E-state index in [-0.39, 0.29) is 17.5 Å². The number of rotatable bonds is 4. The Morgan fingerprint density at radius 3 is 2.10 bits per heavy atom. The first kappa shape index (κ1) is 15.4. The van der Waals surface area contributed by atoms with Crippen molar-refractivity contribution >= 4 is 0 Å². The van der Waals surface area contributed by atoms with Crippen molar-refractivity contribution in [2.75, 3.05) is 7.05 Å². The zero-order valence-corrected chi connectivity index (χ0v) is 11.1. The predicted octanol–water partition coefficient (Wildman–Crippen LogP) is 3.89. The molecule has 2 aromatic carbocycles. The summed E-state index contributed by atoms with van der Waals surface area (Å²) in [5, 5.41) is 2.74. The molecule has 21 heavy (non-hydrogen) atoms. The van der Waals surface area contributed by atoms with Crippen LogP contribution in [0.3, 0.4) is 0 Å². The summed E-state index contributed by atoms with van der Waals surface area (Å²) in [5.41, 5.74) is 0.164. The zero-order chi connectivity index (χ0) is 15.6. The second-order valence-corrected chi connectivity index (χ2v) is 4.56. The Kier molecular flexibility index (Phi) is 4.57. The SMILES string of the molecule is CNC(Cc1cccc(F)c1F)c1cc(F)c(F)c(F)c1. The van der Waals surface area contributed by atoms with Crippen LogP contribution in [0, 0.1) is 29.1 Å². The van der Waals surface area contributed by atoms with E-state index in [2.05, 4.69) is 5.32 Å². The second kappa shape index (κ2) is 6.22. The van der Waals surface area contributed by atoms with Crippen molar-refractivity contribution in [3.05, 3.63) is 70.5 Å². The summed E-state index contributed by atoms with van der Waals surface area (Å²) in [6.07, 6.45) is -0.0371. The van der Waals surface area contributed by atoms with E-state index in [1.165, 1.54) is 19.2 Å². The standard InChI is InChI=1S/C15H12F5N/c1-21-13(7-8-3-2-4-10(16)14(8)19)9-5-11(17)15(20)12(18)6-9/h2-6,13,21H,7H2,1H3. The van der Waals surface area contributed by atoms with Crippen LogP contribution in [-0.4, -0.2) is 7.05 Å². The van der Waals surface area contributed by atoms with Crippen molar-refractivity contribution in [1.29, 1.82) is 0 Å². The Bertz CT molecular complexity index is 634. The van der Waals surface area contributed by atoms with Crippen LogP contribution in [0.1, 0.15) is 17.2 Å². The predicted molar refractivity (Wildman–Crippen MR) is 68.2 cm³/mol.